The van der Waals surface area contributed by atoms with Gasteiger partial charge in [-0.15, -0.1) is 0 Å². The van der Waals surface area contributed by atoms with Crippen molar-refractivity contribution in [3.05, 3.63) is 0 Å². The molecule has 1 saturated heterocycles. The molecule has 1 amide bonds. The summed E-state index contributed by atoms with van der Waals surface area (Å²) in [7, 11) is 0. The molecule has 1 rings (SSSR count). The molecular formula is C11H19NO3. The van der Waals surface area contributed by atoms with E-state index >= 15 is 0 Å². The minimum absolute atomic E-state index is 0.0550. The third-order valence-electron chi connectivity index (χ3n) is 2.32. The molecule has 1 fully saturated rings. The van der Waals surface area contributed by atoms with Crippen molar-refractivity contribution in [3.63, 3.8) is 0 Å². The maximum Gasteiger partial charge on any atom is 0.230 e. The van der Waals surface area contributed by atoms with Crippen molar-refractivity contribution >= 4 is 11.7 Å². The summed E-state index contributed by atoms with van der Waals surface area (Å²) in [5.74, 6) is 0.516. The van der Waals surface area contributed by atoms with Crippen LogP contribution in [-0.2, 0) is 14.3 Å². The fourth-order valence-corrected chi connectivity index (χ4v) is 1.48. The maximum atomic E-state index is 11.4. The molecule has 1 aliphatic heterocycles. The minimum Gasteiger partial charge on any atom is -0.379 e. The van der Waals surface area contributed by atoms with Crippen LogP contribution in [0.3, 0.4) is 0 Å². The number of ketones is 1. The third-order valence-corrected chi connectivity index (χ3v) is 2.32. The molecule has 1 aliphatic rings. The number of ether oxygens (including phenoxy) is 1. The van der Waals surface area contributed by atoms with Crippen molar-refractivity contribution in [1.29, 1.82) is 0 Å². The summed E-state index contributed by atoms with van der Waals surface area (Å²) in [6.07, 6.45) is 0.570. The van der Waals surface area contributed by atoms with Gasteiger partial charge in [0.15, 0.2) is 0 Å². The maximum absolute atomic E-state index is 11.4. The first-order valence-corrected chi connectivity index (χ1v) is 5.47. The van der Waals surface area contributed by atoms with Crippen LogP contribution in [0.1, 0.15) is 26.7 Å². The van der Waals surface area contributed by atoms with Gasteiger partial charge in [0.25, 0.3) is 0 Å². The Kier molecular flexibility index (Phi) is 4.75. The summed E-state index contributed by atoms with van der Waals surface area (Å²) >= 11 is 0. The first kappa shape index (κ1) is 12.2. The Hall–Kier alpha value is -0.900. The quantitative estimate of drug-likeness (QED) is 0.502. The highest BCUT2D eigenvalue weighted by molar-refractivity contribution is 6.00. The lowest BCUT2D eigenvalue weighted by atomic mass is 10.1. The van der Waals surface area contributed by atoms with Crippen molar-refractivity contribution in [3.8, 4) is 0 Å². The summed E-state index contributed by atoms with van der Waals surface area (Å²) in [4.78, 5) is 24.1. The second-order valence-corrected chi connectivity index (χ2v) is 4.32. The van der Waals surface area contributed by atoms with E-state index in [0.29, 0.717) is 32.0 Å². The molecule has 0 aromatic carbocycles. The molecule has 15 heavy (non-hydrogen) atoms. The van der Waals surface area contributed by atoms with Gasteiger partial charge in [0, 0.05) is 26.1 Å². The lowest BCUT2D eigenvalue weighted by Gasteiger charge is -2.25. The molecule has 0 saturated carbocycles. The second kappa shape index (κ2) is 5.85. The summed E-state index contributed by atoms with van der Waals surface area (Å²) in [6, 6.07) is 0. The van der Waals surface area contributed by atoms with E-state index in [1.807, 2.05) is 0 Å². The average Bonchev–Trinajstić information content (AvgIpc) is 2.14. The van der Waals surface area contributed by atoms with Crippen LogP contribution in [0.4, 0.5) is 0 Å². The molecule has 0 aliphatic carbocycles. The number of likely N-dealkylation sites (tertiary alicyclic amines) is 1. The molecule has 0 aromatic rings. The van der Waals surface area contributed by atoms with Crippen molar-refractivity contribution in [2.24, 2.45) is 5.92 Å². The highest BCUT2D eigenvalue weighted by Gasteiger charge is 2.22. The second-order valence-electron chi connectivity index (χ2n) is 4.32. The first-order valence-electron chi connectivity index (χ1n) is 5.47. The number of piperidine rings is 1. The normalized spacial score (nSPS) is 17.7. The Morgan fingerprint density at radius 1 is 1.40 bits per heavy atom. The predicted octanol–water partition coefficient (Wildman–Crippen LogP) is 0.850. The number of hydrogen-bond donors (Lipinski definition) is 0. The van der Waals surface area contributed by atoms with E-state index in [1.54, 1.807) is 4.90 Å². The Morgan fingerprint density at radius 3 is 2.73 bits per heavy atom. The van der Waals surface area contributed by atoms with Gasteiger partial charge in [-0.2, -0.15) is 0 Å². The smallest absolute Gasteiger partial charge is 0.230 e. The number of carbonyl (C=O) groups is 2. The number of Topliss-reactive ketones (excluding diaryl/α,β-unsaturated/α-hetero) is 1. The van der Waals surface area contributed by atoms with E-state index in [2.05, 4.69) is 13.8 Å². The Morgan fingerprint density at radius 2 is 2.13 bits per heavy atom. The molecular weight excluding hydrogens is 194 g/mol. The Labute approximate surface area is 90.6 Å². The fourth-order valence-electron chi connectivity index (χ4n) is 1.48. The number of hydrogen-bond acceptors (Lipinski definition) is 3. The van der Waals surface area contributed by atoms with Crippen LogP contribution in [0.15, 0.2) is 0 Å². The zero-order valence-electron chi connectivity index (χ0n) is 9.49. The fraction of sp³-hybridized carbons (Fsp3) is 0.818. The van der Waals surface area contributed by atoms with Gasteiger partial charge in [-0.05, 0) is 5.92 Å². The summed E-state index contributed by atoms with van der Waals surface area (Å²) in [5.41, 5.74) is 0. The molecule has 86 valence electrons. The Balaban J connectivity index is 2.16. The van der Waals surface area contributed by atoms with Crippen molar-refractivity contribution in [2.75, 3.05) is 26.3 Å². The number of nitrogens with zero attached hydrogens (tertiary/aromatic N) is 1. The van der Waals surface area contributed by atoms with Crippen LogP contribution < -0.4 is 0 Å². The predicted molar refractivity (Wildman–Crippen MR) is 56.5 cm³/mol. The number of carbonyl (C=O) groups excluding carboxylic acids is 2. The van der Waals surface area contributed by atoms with Crippen LogP contribution >= 0.6 is 0 Å². The average molecular weight is 213 g/mol. The molecule has 0 spiro atoms. The zero-order valence-corrected chi connectivity index (χ0v) is 9.49. The molecule has 0 radical (unpaired) electrons. The van der Waals surface area contributed by atoms with Crippen LogP contribution in [0.2, 0.25) is 0 Å². The van der Waals surface area contributed by atoms with E-state index < -0.39 is 0 Å². The van der Waals surface area contributed by atoms with Gasteiger partial charge in [-0.25, -0.2) is 0 Å². The molecule has 4 heteroatoms. The van der Waals surface area contributed by atoms with Gasteiger partial charge in [0.05, 0.1) is 13.0 Å². The monoisotopic (exact) mass is 213 g/mol. The molecule has 0 bridgehead atoms. The topological polar surface area (TPSA) is 46.6 Å². The van der Waals surface area contributed by atoms with Gasteiger partial charge >= 0.3 is 0 Å². The number of amides is 1. The van der Waals surface area contributed by atoms with Crippen molar-refractivity contribution in [2.45, 2.75) is 26.7 Å². The summed E-state index contributed by atoms with van der Waals surface area (Å²) in [5, 5.41) is 0. The van der Waals surface area contributed by atoms with Crippen LogP contribution in [0.25, 0.3) is 0 Å². The van der Waals surface area contributed by atoms with Crippen molar-refractivity contribution < 1.29 is 14.3 Å². The SMILES string of the molecule is CC(C)COCCN1CCC(=O)CC1=O. The van der Waals surface area contributed by atoms with E-state index in [0.717, 1.165) is 6.61 Å². The first-order chi connectivity index (χ1) is 7.09. The molecule has 0 atom stereocenters. The van der Waals surface area contributed by atoms with Gasteiger partial charge in [-0.1, -0.05) is 13.8 Å². The molecule has 4 nitrogen and oxygen atoms in total. The van der Waals surface area contributed by atoms with Crippen LogP contribution in [0, 0.1) is 5.92 Å². The van der Waals surface area contributed by atoms with Gasteiger partial charge in [0.2, 0.25) is 5.91 Å². The van der Waals surface area contributed by atoms with Crippen LogP contribution in [-0.4, -0.2) is 42.9 Å². The molecule has 0 unspecified atom stereocenters. The van der Waals surface area contributed by atoms with Gasteiger partial charge < -0.3 is 9.64 Å². The number of rotatable bonds is 5. The van der Waals surface area contributed by atoms with E-state index in [4.69, 9.17) is 4.74 Å². The lowest BCUT2D eigenvalue weighted by Crippen LogP contribution is -2.40. The lowest BCUT2D eigenvalue weighted by molar-refractivity contribution is -0.140. The van der Waals surface area contributed by atoms with Gasteiger partial charge in [-0.3, -0.25) is 9.59 Å². The van der Waals surface area contributed by atoms with Crippen molar-refractivity contribution in [1.82, 2.24) is 4.90 Å². The van der Waals surface area contributed by atoms with Gasteiger partial charge in [0.1, 0.15) is 5.78 Å². The van der Waals surface area contributed by atoms with E-state index in [1.165, 1.54) is 0 Å². The molecule has 0 N–H and O–H groups in total. The molecule has 1 heterocycles. The standard InChI is InChI=1S/C11H19NO3/c1-9(2)8-15-6-5-12-4-3-10(13)7-11(12)14/h9H,3-8H2,1-2H3. The highest BCUT2D eigenvalue weighted by Crippen LogP contribution is 2.06. The zero-order chi connectivity index (χ0) is 11.3. The largest absolute Gasteiger partial charge is 0.379 e. The molecule has 0 aromatic heterocycles. The van der Waals surface area contributed by atoms with E-state index in [-0.39, 0.29) is 18.1 Å². The van der Waals surface area contributed by atoms with E-state index in [9.17, 15) is 9.59 Å². The summed E-state index contributed by atoms with van der Waals surface area (Å²) in [6.45, 7) is 6.63. The Bertz CT molecular complexity index is 238. The van der Waals surface area contributed by atoms with Crippen LogP contribution in [0.5, 0.6) is 0 Å². The minimum atomic E-state index is -0.0561. The third kappa shape index (κ3) is 4.42. The highest BCUT2D eigenvalue weighted by atomic mass is 16.5. The summed E-state index contributed by atoms with van der Waals surface area (Å²) < 4.78 is 5.39.